The minimum Gasteiger partial charge on any atom is -0.322 e. The normalized spacial score (nSPS) is 15.6. The van der Waals surface area contributed by atoms with Gasteiger partial charge in [0.1, 0.15) is 0 Å². The van der Waals surface area contributed by atoms with Crippen LogP contribution in [0.4, 0.5) is 10.5 Å². The van der Waals surface area contributed by atoms with Crippen LogP contribution >= 0.6 is 0 Å². The maximum absolute atomic E-state index is 12.5. The highest BCUT2D eigenvalue weighted by molar-refractivity contribution is 7.89. The van der Waals surface area contributed by atoms with Crippen molar-refractivity contribution in [2.75, 3.05) is 37.2 Å². The lowest BCUT2D eigenvalue weighted by atomic mass is 10.2. The van der Waals surface area contributed by atoms with Crippen molar-refractivity contribution in [1.29, 1.82) is 0 Å². The molecule has 2 aromatic carbocycles. The Kier molecular flexibility index (Phi) is 5.25. The molecule has 1 saturated heterocycles. The van der Waals surface area contributed by atoms with E-state index in [1.165, 1.54) is 4.31 Å². The van der Waals surface area contributed by atoms with Gasteiger partial charge in [-0.2, -0.15) is 9.40 Å². The number of piperazine rings is 1. The summed E-state index contributed by atoms with van der Waals surface area (Å²) in [6, 6.07) is 15.2. The van der Waals surface area contributed by atoms with Crippen LogP contribution in [0.3, 0.4) is 0 Å². The second-order valence-corrected chi connectivity index (χ2v) is 9.14. The number of amides is 2. The molecule has 29 heavy (non-hydrogen) atoms. The summed E-state index contributed by atoms with van der Waals surface area (Å²) in [7, 11) is -3.20. The van der Waals surface area contributed by atoms with Crippen molar-refractivity contribution >= 4 is 32.6 Å². The number of hydrogen-bond donors (Lipinski definition) is 1. The molecule has 2 heterocycles. The van der Waals surface area contributed by atoms with Crippen molar-refractivity contribution in [3.8, 4) is 5.69 Å². The van der Waals surface area contributed by atoms with Crippen LogP contribution in [0, 0.1) is 0 Å². The summed E-state index contributed by atoms with van der Waals surface area (Å²) in [4.78, 5) is 14.1. The van der Waals surface area contributed by atoms with Crippen molar-refractivity contribution in [1.82, 2.24) is 19.0 Å². The molecule has 1 N–H and O–H groups in total. The lowest BCUT2D eigenvalue weighted by Gasteiger charge is -2.33. The van der Waals surface area contributed by atoms with E-state index in [0.29, 0.717) is 31.9 Å². The van der Waals surface area contributed by atoms with Gasteiger partial charge in [0.15, 0.2) is 0 Å². The van der Waals surface area contributed by atoms with Crippen LogP contribution in [-0.4, -0.2) is 65.4 Å². The zero-order valence-corrected chi connectivity index (χ0v) is 17.0. The zero-order chi connectivity index (χ0) is 20.4. The topological polar surface area (TPSA) is 87.5 Å². The summed E-state index contributed by atoms with van der Waals surface area (Å²) in [6.45, 7) is 3.04. The van der Waals surface area contributed by atoms with E-state index in [9.17, 15) is 13.2 Å². The first-order valence-corrected chi connectivity index (χ1v) is 11.2. The van der Waals surface area contributed by atoms with Crippen LogP contribution in [0.2, 0.25) is 0 Å². The number of urea groups is 1. The van der Waals surface area contributed by atoms with E-state index in [-0.39, 0.29) is 11.8 Å². The smallest absolute Gasteiger partial charge is 0.321 e. The van der Waals surface area contributed by atoms with Gasteiger partial charge < -0.3 is 10.2 Å². The molecule has 9 heteroatoms. The van der Waals surface area contributed by atoms with Crippen molar-refractivity contribution < 1.29 is 13.2 Å². The molecule has 3 aromatic rings. The van der Waals surface area contributed by atoms with E-state index in [4.69, 9.17) is 0 Å². The molecule has 0 spiro atoms. The van der Waals surface area contributed by atoms with Crippen LogP contribution in [0.5, 0.6) is 0 Å². The van der Waals surface area contributed by atoms with Crippen molar-refractivity contribution in [3.05, 3.63) is 54.7 Å². The highest BCUT2D eigenvalue weighted by Gasteiger charge is 2.27. The maximum Gasteiger partial charge on any atom is 0.321 e. The lowest BCUT2D eigenvalue weighted by molar-refractivity contribution is 0.184. The highest BCUT2D eigenvalue weighted by Crippen LogP contribution is 2.20. The number of rotatable bonds is 4. The van der Waals surface area contributed by atoms with Gasteiger partial charge in [0.25, 0.3) is 0 Å². The highest BCUT2D eigenvalue weighted by atomic mass is 32.2. The molecule has 0 unspecified atom stereocenters. The quantitative estimate of drug-likeness (QED) is 0.712. The molecule has 1 aromatic heterocycles. The molecule has 1 aliphatic rings. The van der Waals surface area contributed by atoms with E-state index in [0.717, 1.165) is 16.6 Å². The Morgan fingerprint density at radius 3 is 2.41 bits per heavy atom. The Hall–Kier alpha value is -2.91. The minimum atomic E-state index is -3.20. The van der Waals surface area contributed by atoms with Crippen LogP contribution in [0.1, 0.15) is 6.92 Å². The summed E-state index contributed by atoms with van der Waals surface area (Å²) in [5, 5.41) is 8.37. The maximum atomic E-state index is 12.5. The first-order chi connectivity index (χ1) is 14.0. The molecule has 152 valence electrons. The van der Waals surface area contributed by atoms with Crippen LogP contribution in [0.25, 0.3) is 16.6 Å². The first kappa shape index (κ1) is 19.4. The van der Waals surface area contributed by atoms with Crippen molar-refractivity contribution in [3.63, 3.8) is 0 Å². The number of aromatic nitrogens is 2. The van der Waals surface area contributed by atoms with Crippen molar-refractivity contribution in [2.45, 2.75) is 6.92 Å². The largest absolute Gasteiger partial charge is 0.322 e. The van der Waals surface area contributed by atoms with Gasteiger partial charge in [0.2, 0.25) is 10.0 Å². The Balaban J connectivity index is 1.40. The molecule has 1 fully saturated rings. The zero-order valence-electron chi connectivity index (χ0n) is 16.2. The average molecular weight is 414 g/mol. The van der Waals surface area contributed by atoms with Gasteiger partial charge in [-0.15, -0.1) is 0 Å². The fourth-order valence-electron chi connectivity index (χ4n) is 3.42. The molecule has 1 aliphatic heterocycles. The predicted octanol–water partition coefficient (Wildman–Crippen LogP) is 2.52. The van der Waals surface area contributed by atoms with Gasteiger partial charge in [-0.05, 0) is 37.3 Å². The molecule has 0 bridgehead atoms. The average Bonchev–Trinajstić information content (AvgIpc) is 3.18. The van der Waals surface area contributed by atoms with Gasteiger partial charge in [-0.25, -0.2) is 17.9 Å². The Labute approximate surface area is 169 Å². The van der Waals surface area contributed by atoms with Gasteiger partial charge in [0, 0.05) is 37.3 Å². The van der Waals surface area contributed by atoms with E-state index in [1.54, 1.807) is 11.8 Å². The number of para-hydroxylation sites is 1. The molecule has 0 atom stereocenters. The van der Waals surface area contributed by atoms with Gasteiger partial charge in [-0.1, -0.05) is 18.2 Å². The van der Waals surface area contributed by atoms with Gasteiger partial charge >= 0.3 is 6.03 Å². The molecule has 0 aliphatic carbocycles. The Morgan fingerprint density at radius 1 is 1.03 bits per heavy atom. The number of nitrogens with zero attached hydrogens (tertiary/aromatic N) is 4. The van der Waals surface area contributed by atoms with Crippen LogP contribution < -0.4 is 5.32 Å². The SMILES string of the molecule is CCS(=O)(=O)N1CCN(C(=O)Nc2ccc(-n3ncc4ccccc43)cc2)CC1. The third-order valence-electron chi connectivity index (χ3n) is 5.12. The number of anilines is 1. The third-order valence-corrected chi connectivity index (χ3v) is 7.01. The number of nitrogens with one attached hydrogen (secondary N) is 1. The number of carbonyl (C=O) groups excluding carboxylic acids is 1. The molecular weight excluding hydrogens is 390 g/mol. The number of carbonyl (C=O) groups is 1. The first-order valence-electron chi connectivity index (χ1n) is 9.55. The van der Waals surface area contributed by atoms with Crippen LogP contribution in [0.15, 0.2) is 54.7 Å². The van der Waals surface area contributed by atoms with E-state index >= 15 is 0 Å². The lowest BCUT2D eigenvalue weighted by Crippen LogP contribution is -2.51. The summed E-state index contributed by atoms with van der Waals surface area (Å²) in [6.07, 6.45) is 1.82. The monoisotopic (exact) mass is 413 g/mol. The fourth-order valence-corrected chi connectivity index (χ4v) is 4.50. The summed E-state index contributed by atoms with van der Waals surface area (Å²) in [5.74, 6) is 0.0804. The minimum absolute atomic E-state index is 0.0804. The molecule has 8 nitrogen and oxygen atoms in total. The second kappa shape index (κ2) is 7.84. The molecule has 4 rings (SSSR count). The number of fused-ring (bicyclic) bond motifs is 1. The summed E-state index contributed by atoms with van der Waals surface area (Å²) >= 11 is 0. The molecule has 0 saturated carbocycles. The molecule has 0 radical (unpaired) electrons. The van der Waals surface area contributed by atoms with E-state index < -0.39 is 10.0 Å². The second-order valence-electron chi connectivity index (χ2n) is 6.88. The summed E-state index contributed by atoms with van der Waals surface area (Å²) in [5.41, 5.74) is 2.60. The summed E-state index contributed by atoms with van der Waals surface area (Å²) < 4.78 is 27.2. The predicted molar refractivity (Wildman–Crippen MR) is 113 cm³/mol. The molecule has 2 amide bonds. The number of benzene rings is 2. The standard InChI is InChI=1S/C20H23N5O3S/c1-2-29(27,28)24-13-11-23(12-14-24)20(26)22-17-7-9-18(10-8-17)25-19-6-4-3-5-16(19)15-21-25/h3-10,15H,2,11-14H2,1H3,(H,22,26). The van der Waals surface area contributed by atoms with Crippen LogP contribution in [-0.2, 0) is 10.0 Å². The third kappa shape index (κ3) is 3.96. The fraction of sp³-hybridized carbons (Fsp3) is 0.300. The van der Waals surface area contributed by atoms with E-state index in [2.05, 4.69) is 10.4 Å². The van der Waals surface area contributed by atoms with Gasteiger partial charge in [0.05, 0.1) is 23.2 Å². The Bertz CT molecular complexity index is 1120. The van der Waals surface area contributed by atoms with Crippen molar-refractivity contribution in [2.24, 2.45) is 0 Å². The van der Waals surface area contributed by atoms with E-state index in [1.807, 2.05) is 59.4 Å². The Morgan fingerprint density at radius 2 is 1.72 bits per heavy atom. The number of sulfonamides is 1. The molecular formula is C20H23N5O3S. The number of hydrogen-bond acceptors (Lipinski definition) is 4. The van der Waals surface area contributed by atoms with Gasteiger partial charge in [-0.3, -0.25) is 0 Å².